The normalized spacial score (nSPS) is 11.5. The Kier molecular flexibility index (Phi) is 7.88. The van der Waals surface area contributed by atoms with E-state index in [1.807, 2.05) is 0 Å². The highest BCUT2D eigenvalue weighted by Gasteiger charge is 2.44. The van der Waals surface area contributed by atoms with Crippen LogP contribution in [0.25, 0.3) is 0 Å². The number of benzene rings is 2. The van der Waals surface area contributed by atoms with Gasteiger partial charge in [-0.3, -0.25) is 0 Å². The molecule has 0 radical (unpaired) electrons. The maximum atomic E-state index is 12.9. The molecule has 0 atom stereocenters. The van der Waals surface area contributed by atoms with Gasteiger partial charge in [0.05, 0.1) is 23.3 Å². The first-order valence-electron chi connectivity index (χ1n) is 8.07. The van der Waals surface area contributed by atoms with Crippen molar-refractivity contribution in [2.75, 3.05) is 13.2 Å². The highest BCUT2D eigenvalue weighted by Crippen LogP contribution is 2.36. The number of phenols is 1. The summed E-state index contributed by atoms with van der Waals surface area (Å²) >= 11 is 11.9. The number of rotatable bonds is 10. The van der Waals surface area contributed by atoms with E-state index >= 15 is 0 Å². The molecule has 0 aliphatic heterocycles. The van der Waals surface area contributed by atoms with Gasteiger partial charge in [0.1, 0.15) is 17.2 Å². The minimum atomic E-state index is -4.58. The van der Waals surface area contributed by atoms with Gasteiger partial charge >= 0.3 is 12.5 Å². The first-order chi connectivity index (χ1) is 13.2. The van der Waals surface area contributed by atoms with Crippen molar-refractivity contribution >= 4 is 23.2 Å². The van der Waals surface area contributed by atoms with Crippen LogP contribution in [-0.4, -0.2) is 30.9 Å². The monoisotopic (exact) mass is 442 g/mol. The fourth-order valence-corrected chi connectivity index (χ4v) is 2.67. The quantitative estimate of drug-likeness (QED) is 0.352. The minimum Gasteiger partial charge on any atom is -0.508 e. The maximum absolute atomic E-state index is 12.9. The van der Waals surface area contributed by atoms with Gasteiger partial charge < -0.3 is 19.3 Å². The molecule has 2 rings (SSSR count). The molecule has 0 aromatic heterocycles. The van der Waals surface area contributed by atoms with Crippen LogP contribution in [-0.2, 0) is 0 Å². The molecular weight excluding hydrogens is 427 g/mol. The van der Waals surface area contributed by atoms with Gasteiger partial charge in [-0.25, -0.2) is 0 Å². The fraction of sp³-hybridized carbons (Fsp3) is 0.333. The van der Waals surface area contributed by atoms with Crippen molar-refractivity contribution in [3.05, 3.63) is 46.4 Å². The van der Waals surface area contributed by atoms with Gasteiger partial charge in [-0.1, -0.05) is 29.3 Å². The van der Waals surface area contributed by atoms with Crippen LogP contribution in [0.5, 0.6) is 23.0 Å². The van der Waals surface area contributed by atoms with Gasteiger partial charge in [-0.15, -0.1) is 0 Å². The lowest BCUT2D eigenvalue weighted by atomic mass is 10.3. The summed E-state index contributed by atoms with van der Waals surface area (Å²) in [4.78, 5) is 0. The molecule has 0 aliphatic carbocycles. The molecule has 0 aliphatic rings. The van der Waals surface area contributed by atoms with Gasteiger partial charge in [0, 0.05) is 18.2 Å². The third-order valence-corrected chi connectivity index (χ3v) is 3.91. The Morgan fingerprint density at radius 2 is 1.50 bits per heavy atom. The predicted octanol–water partition coefficient (Wildman–Crippen LogP) is 6.17. The minimum absolute atomic E-state index is 0.0757. The molecular formula is C18H16Cl2F4O4. The summed E-state index contributed by atoms with van der Waals surface area (Å²) in [5.41, 5.74) is 0. The predicted molar refractivity (Wildman–Crippen MR) is 96.4 cm³/mol. The first kappa shape index (κ1) is 22.2. The highest BCUT2D eigenvalue weighted by molar-refractivity contribution is 6.37. The Balaban J connectivity index is 1.75. The number of ether oxygens (including phenoxy) is 3. The molecule has 10 heteroatoms. The summed E-state index contributed by atoms with van der Waals surface area (Å²) in [5.74, 6) is -0.0454. The molecule has 154 valence electrons. The molecule has 0 bridgehead atoms. The molecule has 2 aromatic carbocycles. The van der Waals surface area contributed by atoms with E-state index in [2.05, 4.69) is 4.74 Å². The molecule has 0 saturated heterocycles. The van der Waals surface area contributed by atoms with E-state index in [1.165, 1.54) is 24.3 Å². The van der Waals surface area contributed by atoms with Crippen LogP contribution in [0.4, 0.5) is 17.6 Å². The summed E-state index contributed by atoms with van der Waals surface area (Å²) in [6.07, 6.45) is -7.40. The van der Waals surface area contributed by atoms with E-state index in [9.17, 15) is 22.7 Å². The van der Waals surface area contributed by atoms with Crippen LogP contribution in [0.3, 0.4) is 0 Å². The molecule has 28 heavy (non-hydrogen) atoms. The largest absolute Gasteiger partial charge is 0.508 e. The summed E-state index contributed by atoms with van der Waals surface area (Å²) in [6.45, 7) is 0.506. The topological polar surface area (TPSA) is 47.9 Å². The van der Waals surface area contributed by atoms with Gasteiger partial charge in [-0.2, -0.15) is 17.6 Å². The number of hydrogen-bond acceptors (Lipinski definition) is 4. The number of phenolic OH excluding ortho intramolecular Hbond substituents is 1. The lowest BCUT2D eigenvalue weighted by Gasteiger charge is -2.17. The molecule has 2 aromatic rings. The van der Waals surface area contributed by atoms with Crippen LogP contribution in [0.1, 0.15) is 12.8 Å². The van der Waals surface area contributed by atoms with Crippen molar-refractivity contribution in [1.82, 2.24) is 0 Å². The zero-order valence-corrected chi connectivity index (χ0v) is 15.8. The Hall–Kier alpha value is -2.06. The summed E-state index contributed by atoms with van der Waals surface area (Å²) in [5, 5.41) is 9.71. The lowest BCUT2D eigenvalue weighted by Crippen LogP contribution is -2.33. The molecule has 0 amide bonds. The van der Waals surface area contributed by atoms with Crippen molar-refractivity contribution in [3.63, 3.8) is 0 Å². The van der Waals surface area contributed by atoms with E-state index < -0.39 is 18.3 Å². The molecule has 0 unspecified atom stereocenters. The standard InChI is InChI=1S/C18H16Cl2F4O4/c19-14-8-11(25)9-15(20)16(14)27-7-2-1-6-26-12-4-3-5-13(10-12)28-18(23,24)17(21)22/h3-5,8-10,17,25H,1-2,6-7H2. The molecule has 0 saturated carbocycles. The van der Waals surface area contributed by atoms with Crippen molar-refractivity contribution in [2.24, 2.45) is 0 Å². The SMILES string of the molecule is Oc1cc(Cl)c(OCCCCOc2cccc(OC(F)(F)C(F)F)c2)c(Cl)c1. The third-order valence-electron chi connectivity index (χ3n) is 3.35. The average molecular weight is 443 g/mol. The number of halogens is 6. The van der Waals surface area contributed by atoms with Gasteiger partial charge in [-0.05, 0) is 25.0 Å². The van der Waals surface area contributed by atoms with Crippen molar-refractivity contribution in [3.8, 4) is 23.0 Å². The van der Waals surface area contributed by atoms with Crippen LogP contribution in [0, 0.1) is 0 Å². The second-order valence-corrected chi connectivity index (χ2v) is 6.40. The second-order valence-electron chi connectivity index (χ2n) is 5.58. The Bertz CT molecular complexity index is 767. The summed E-state index contributed by atoms with van der Waals surface area (Å²) in [7, 11) is 0. The van der Waals surface area contributed by atoms with Crippen LogP contribution >= 0.6 is 23.2 Å². The molecule has 0 spiro atoms. The van der Waals surface area contributed by atoms with Gasteiger partial charge in [0.2, 0.25) is 0 Å². The van der Waals surface area contributed by atoms with Crippen molar-refractivity contribution in [1.29, 1.82) is 0 Å². The average Bonchev–Trinajstić information content (AvgIpc) is 2.59. The zero-order valence-electron chi connectivity index (χ0n) is 14.3. The highest BCUT2D eigenvalue weighted by atomic mass is 35.5. The Morgan fingerprint density at radius 1 is 0.929 bits per heavy atom. The first-order valence-corrected chi connectivity index (χ1v) is 8.83. The smallest absolute Gasteiger partial charge is 0.461 e. The van der Waals surface area contributed by atoms with Gasteiger partial charge in [0.15, 0.2) is 5.75 Å². The molecule has 0 heterocycles. The molecule has 4 nitrogen and oxygen atoms in total. The molecule has 0 fully saturated rings. The van der Waals surface area contributed by atoms with E-state index in [-0.39, 0.29) is 40.5 Å². The number of aromatic hydroxyl groups is 1. The van der Waals surface area contributed by atoms with E-state index in [4.69, 9.17) is 32.7 Å². The summed E-state index contributed by atoms with van der Waals surface area (Å²) < 4.78 is 65.0. The maximum Gasteiger partial charge on any atom is 0.461 e. The van der Waals surface area contributed by atoms with Crippen molar-refractivity contribution in [2.45, 2.75) is 25.4 Å². The van der Waals surface area contributed by atoms with E-state index in [1.54, 1.807) is 0 Å². The Morgan fingerprint density at radius 3 is 2.11 bits per heavy atom. The fourth-order valence-electron chi connectivity index (χ4n) is 2.08. The lowest BCUT2D eigenvalue weighted by molar-refractivity contribution is -0.253. The third kappa shape index (κ3) is 6.53. The number of hydrogen-bond donors (Lipinski definition) is 1. The number of unbranched alkanes of at least 4 members (excludes halogenated alkanes) is 1. The second kappa shape index (κ2) is 9.93. The van der Waals surface area contributed by atoms with Crippen LogP contribution in [0.15, 0.2) is 36.4 Å². The Labute approximate surface area is 168 Å². The number of alkyl halides is 4. The van der Waals surface area contributed by atoms with Crippen LogP contribution < -0.4 is 14.2 Å². The zero-order chi connectivity index (χ0) is 20.7. The van der Waals surface area contributed by atoms with Crippen molar-refractivity contribution < 1.29 is 36.9 Å². The van der Waals surface area contributed by atoms with Gasteiger partial charge in [0.25, 0.3) is 0 Å². The van der Waals surface area contributed by atoms with E-state index in [0.717, 1.165) is 12.1 Å². The van der Waals surface area contributed by atoms with E-state index in [0.29, 0.717) is 12.8 Å². The summed E-state index contributed by atoms with van der Waals surface area (Å²) in [6, 6.07) is 7.67. The molecule has 1 N–H and O–H groups in total. The van der Waals surface area contributed by atoms with Crippen LogP contribution in [0.2, 0.25) is 10.0 Å².